The number of alkyl halides is 2. The first-order valence-corrected chi connectivity index (χ1v) is 14.2. The first-order valence-electron chi connectivity index (χ1n) is 14.2. The van der Waals surface area contributed by atoms with Gasteiger partial charge < -0.3 is 24.8 Å². The average molecular weight is 537 g/mol. The number of hydrogen-bond donors (Lipinski definition) is 1. The van der Waals surface area contributed by atoms with Gasteiger partial charge in [-0.15, -0.1) is 0 Å². The van der Waals surface area contributed by atoms with E-state index in [1.165, 1.54) is 38.8 Å². The molecule has 1 aromatic heterocycles. The van der Waals surface area contributed by atoms with E-state index >= 15 is 0 Å². The molecule has 2 atom stereocenters. The number of ether oxygens (including phenoxy) is 1. The van der Waals surface area contributed by atoms with Crippen molar-refractivity contribution in [2.24, 2.45) is 0 Å². The van der Waals surface area contributed by atoms with E-state index in [1.54, 1.807) is 19.2 Å². The second-order valence-corrected chi connectivity index (χ2v) is 11.2. The van der Waals surface area contributed by atoms with Gasteiger partial charge in [-0.1, -0.05) is 24.3 Å². The third kappa shape index (κ3) is 5.52. The van der Waals surface area contributed by atoms with Crippen LogP contribution in [-0.4, -0.2) is 73.8 Å². The Morgan fingerprint density at radius 1 is 0.974 bits per heavy atom. The molecule has 3 aromatic rings. The van der Waals surface area contributed by atoms with E-state index in [4.69, 9.17) is 9.72 Å². The molecule has 2 bridgehead atoms. The number of fused-ring (bicyclic) bond motifs is 4. The molecule has 7 rings (SSSR count). The number of nitrogens with one attached hydrogen (secondary N) is 1. The maximum Gasteiger partial charge on any atom is 0.318 e. The minimum absolute atomic E-state index is 0.0479. The van der Waals surface area contributed by atoms with Crippen LogP contribution in [0.15, 0.2) is 36.4 Å². The van der Waals surface area contributed by atoms with Crippen LogP contribution in [0.4, 0.5) is 20.3 Å². The Morgan fingerprint density at radius 2 is 1.72 bits per heavy atom. The number of piperazine rings is 1. The van der Waals surface area contributed by atoms with Crippen molar-refractivity contribution < 1.29 is 13.5 Å². The quantitative estimate of drug-likeness (QED) is 0.515. The molecule has 3 fully saturated rings. The van der Waals surface area contributed by atoms with E-state index in [9.17, 15) is 8.78 Å². The molecule has 0 saturated carbocycles. The van der Waals surface area contributed by atoms with Crippen LogP contribution in [0.1, 0.15) is 48.9 Å². The van der Waals surface area contributed by atoms with E-state index in [1.807, 2.05) is 24.3 Å². The second-order valence-electron chi connectivity index (χ2n) is 11.2. The molecule has 3 saturated heterocycles. The molecule has 7 nitrogen and oxygen atoms in total. The number of anilines is 2. The fraction of sp³-hybridized carbons (Fsp3) is 0.533. The summed E-state index contributed by atoms with van der Waals surface area (Å²) in [6.45, 7) is 5.78. The van der Waals surface area contributed by atoms with Gasteiger partial charge in [0.1, 0.15) is 5.82 Å². The lowest BCUT2D eigenvalue weighted by Gasteiger charge is -2.37. The summed E-state index contributed by atoms with van der Waals surface area (Å²) in [5.41, 5.74) is 2.95. The highest BCUT2D eigenvalue weighted by Gasteiger charge is 2.35. The lowest BCUT2D eigenvalue weighted by molar-refractivity contribution is 0.151. The van der Waals surface area contributed by atoms with Gasteiger partial charge in [0.15, 0.2) is 0 Å². The molecule has 208 valence electrons. The van der Waals surface area contributed by atoms with Gasteiger partial charge >= 0.3 is 6.01 Å². The molecule has 0 aliphatic carbocycles. The highest BCUT2D eigenvalue weighted by molar-refractivity contribution is 5.95. The van der Waals surface area contributed by atoms with Gasteiger partial charge in [0.2, 0.25) is 0 Å². The summed E-state index contributed by atoms with van der Waals surface area (Å²) >= 11 is 0. The van der Waals surface area contributed by atoms with Crippen LogP contribution >= 0.6 is 0 Å². The van der Waals surface area contributed by atoms with Crippen molar-refractivity contribution in [2.45, 2.75) is 57.2 Å². The Kier molecular flexibility index (Phi) is 7.53. The molecule has 0 radical (unpaired) electrons. The Morgan fingerprint density at radius 3 is 2.38 bits per heavy atom. The van der Waals surface area contributed by atoms with Crippen LogP contribution in [0.5, 0.6) is 6.01 Å². The maximum absolute atomic E-state index is 13.6. The van der Waals surface area contributed by atoms with Gasteiger partial charge in [0.05, 0.1) is 19.3 Å². The Bertz CT molecular complexity index is 1300. The van der Waals surface area contributed by atoms with Gasteiger partial charge in [-0.3, -0.25) is 0 Å². The second kappa shape index (κ2) is 11.2. The van der Waals surface area contributed by atoms with E-state index in [0.29, 0.717) is 24.6 Å². The summed E-state index contributed by atoms with van der Waals surface area (Å²) in [4.78, 5) is 16.3. The van der Waals surface area contributed by atoms with Crippen LogP contribution in [0.25, 0.3) is 10.8 Å². The molecule has 9 heteroatoms. The molecule has 0 amide bonds. The summed E-state index contributed by atoms with van der Waals surface area (Å²) < 4.78 is 32.7. The Labute approximate surface area is 229 Å². The zero-order valence-corrected chi connectivity index (χ0v) is 22.9. The van der Waals surface area contributed by atoms with Gasteiger partial charge in [0.25, 0.3) is 6.43 Å². The predicted octanol–water partition coefficient (Wildman–Crippen LogP) is 4.79. The van der Waals surface area contributed by atoms with Gasteiger partial charge in [-0.25, -0.2) is 8.78 Å². The Balaban J connectivity index is 0.000000410. The van der Waals surface area contributed by atoms with Crippen molar-refractivity contribution >= 4 is 22.3 Å². The summed E-state index contributed by atoms with van der Waals surface area (Å²) in [5, 5.41) is 5.48. The number of hydrogen-bond acceptors (Lipinski definition) is 7. The van der Waals surface area contributed by atoms with E-state index < -0.39 is 6.43 Å². The van der Waals surface area contributed by atoms with Gasteiger partial charge in [-0.05, 0) is 69.8 Å². The summed E-state index contributed by atoms with van der Waals surface area (Å²) in [6.07, 6.45) is 3.48. The molecular weight excluding hydrogens is 498 g/mol. The first kappa shape index (κ1) is 26.2. The predicted molar refractivity (Wildman–Crippen MR) is 151 cm³/mol. The topological polar surface area (TPSA) is 56.8 Å². The third-order valence-electron chi connectivity index (χ3n) is 8.51. The summed E-state index contributed by atoms with van der Waals surface area (Å²) in [7, 11) is 3.76. The van der Waals surface area contributed by atoms with Crippen LogP contribution < -0.4 is 19.9 Å². The van der Waals surface area contributed by atoms with Gasteiger partial charge in [0, 0.05) is 53.9 Å². The SMILES string of the molecule is CN1CCCC1.COc1nc2c(c(N3CC4CCC(C3)N4)n1)CCN(c1cc(C(F)F)cc3ccccc13)C2. The molecule has 4 aliphatic heterocycles. The molecular formula is C30H38F2N6O. The highest BCUT2D eigenvalue weighted by atomic mass is 19.3. The van der Waals surface area contributed by atoms with Crippen LogP contribution in [0.2, 0.25) is 0 Å². The minimum atomic E-state index is -2.51. The molecule has 2 aromatic carbocycles. The monoisotopic (exact) mass is 536 g/mol. The lowest BCUT2D eigenvalue weighted by Crippen LogP contribution is -2.52. The van der Waals surface area contributed by atoms with Crippen LogP contribution in [0, 0.1) is 0 Å². The molecule has 5 heterocycles. The molecule has 0 spiro atoms. The van der Waals surface area contributed by atoms with Crippen LogP contribution in [-0.2, 0) is 13.0 Å². The maximum atomic E-state index is 13.6. The fourth-order valence-corrected chi connectivity index (χ4v) is 6.49. The fourth-order valence-electron chi connectivity index (χ4n) is 6.49. The molecule has 1 N–H and O–H groups in total. The number of halogens is 2. The van der Waals surface area contributed by atoms with Crippen molar-refractivity contribution in [1.82, 2.24) is 20.2 Å². The normalized spacial score (nSPS) is 22.7. The number of likely N-dealkylation sites (tertiary alicyclic amines) is 1. The molecule has 39 heavy (non-hydrogen) atoms. The highest BCUT2D eigenvalue weighted by Crippen LogP contribution is 2.37. The molecule has 4 aliphatic rings. The van der Waals surface area contributed by atoms with E-state index in [-0.39, 0.29) is 5.56 Å². The van der Waals surface area contributed by atoms with Crippen molar-refractivity contribution in [2.75, 3.05) is 56.7 Å². The number of nitrogens with zero attached hydrogens (tertiary/aromatic N) is 5. The zero-order valence-electron chi connectivity index (χ0n) is 22.9. The standard InChI is InChI=1S/C25H27F2N5O.C5H11N/c1-33-25-29-21-14-31(22-11-16(23(26)27)10-15-4-2-3-5-19(15)22)9-8-20(21)24(30-25)32-12-17-6-7-18(13-32)28-17;1-6-4-2-3-5-6/h2-5,10-11,17-18,23,28H,6-9,12-14H2,1H3;2-5H2,1H3. The number of rotatable bonds is 4. The summed E-state index contributed by atoms with van der Waals surface area (Å²) in [6, 6.07) is 12.3. The van der Waals surface area contributed by atoms with Crippen molar-refractivity contribution in [3.05, 3.63) is 53.2 Å². The van der Waals surface area contributed by atoms with E-state index in [0.717, 1.165) is 59.6 Å². The summed E-state index contributed by atoms with van der Waals surface area (Å²) in [5.74, 6) is 0.973. The lowest BCUT2D eigenvalue weighted by atomic mass is 10.00. The number of benzene rings is 2. The number of methoxy groups -OCH3 is 1. The Hall–Kier alpha value is -3.04. The van der Waals surface area contributed by atoms with Gasteiger partial charge in [-0.2, -0.15) is 9.97 Å². The third-order valence-corrected chi connectivity index (χ3v) is 8.51. The van der Waals surface area contributed by atoms with E-state index in [2.05, 4.69) is 32.0 Å². The van der Waals surface area contributed by atoms with Crippen molar-refractivity contribution in [3.8, 4) is 6.01 Å². The van der Waals surface area contributed by atoms with Crippen molar-refractivity contribution in [3.63, 3.8) is 0 Å². The number of aromatic nitrogens is 2. The average Bonchev–Trinajstić information content (AvgIpc) is 3.58. The van der Waals surface area contributed by atoms with Crippen molar-refractivity contribution in [1.29, 1.82) is 0 Å². The smallest absolute Gasteiger partial charge is 0.318 e. The van der Waals surface area contributed by atoms with Crippen LogP contribution in [0.3, 0.4) is 0 Å². The zero-order chi connectivity index (χ0) is 26.9. The first-order chi connectivity index (χ1) is 19.0. The minimum Gasteiger partial charge on any atom is -0.467 e. The largest absolute Gasteiger partial charge is 0.467 e. The molecule has 2 unspecified atom stereocenters.